The Morgan fingerprint density at radius 1 is 0.826 bits per heavy atom. The van der Waals surface area contributed by atoms with E-state index >= 15 is 0 Å². The smallest absolute Gasteiger partial charge is 0.159 e. The molecule has 1 unspecified atom stereocenters. The van der Waals surface area contributed by atoms with Crippen LogP contribution in [-0.4, -0.2) is 61.9 Å². The minimum absolute atomic E-state index is 0.788. The van der Waals surface area contributed by atoms with Gasteiger partial charge in [0.15, 0.2) is 6.42 Å². The molecule has 5 nitrogen and oxygen atoms in total. The minimum Gasteiger partial charge on any atom is -0.350 e. The maximum atomic E-state index is 11.0. The zero-order valence-corrected chi connectivity index (χ0v) is 15.4. The van der Waals surface area contributed by atoms with Crippen LogP contribution in [0.1, 0.15) is 12.8 Å². The predicted molar refractivity (Wildman–Crippen MR) is 102 cm³/mol. The third-order valence-electron chi connectivity index (χ3n) is 3.98. The molecule has 0 bridgehead atoms. The number of nitrogens with zero attached hydrogens (tertiary/aromatic N) is 1. The van der Waals surface area contributed by atoms with E-state index in [0.717, 1.165) is 70.5 Å². The van der Waals surface area contributed by atoms with Crippen LogP contribution in [0.25, 0.3) is 0 Å². The first-order chi connectivity index (χ1) is 11.2. The maximum Gasteiger partial charge on any atom is 0.159 e. The molecule has 2 rings (SSSR count). The lowest BCUT2D eigenvalue weighted by Crippen LogP contribution is -2.37. The first-order valence-corrected chi connectivity index (χ1v) is 11.2. The van der Waals surface area contributed by atoms with Gasteiger partial charge in [-0.3, -0.25) is 0 Å². The van der Waals surface area contributed by atoms with E-state index in [4.69, 9.17) is 11.8 Å². The Kier molecular flexibility index (Phi) is 8.69. The van der Waals surface area contributed by atoms with Crippen molar-refractivity contribution in [3.63, 3.8) is 0 Å². The highest BCUT2D eigenvalue weighted by atomic mass is 32.4. The number of benzene rings is 1. The van der Waals surface area contributed by atoms with Crippen molar-refractivity contribution in [3.05, 3.63) is 30.3 Å². The number of nitrogens with one attached hydrogen (secondary N) is 3. The lowest BCUT2D eigenvalue weighted by Gasteiger charge is -2.31. The van der Waals surface area contributed by atoms with Crippen molar-refractivity contribution in [1.29, 1.82) is 0 Å². The van der Waals surface area contributed by atoms with Crippen molar-refractivity contribution in [1.82, 2.24) is 20.6 Å². The van der Waals surface area contributed by atoms with Crippen LogP contribution in [0.15, 0.2) is 30.3 Å². The summed E-state index contributed by atoms with van der Waals surface area (Å²) in [5, 5.41) is 11.2. The summed E-state index contributed by atoms with van der Waals surface area (Å²) in [5.74, 6) is 0. The third kappa shape index (κ3) is 6.59. The van der Waals surface area contributed by atoms with Crippen molar-refractivity contribution in [2.45, 2.75) is 12.8 Å². The fourth-order valence-corrected chi connectivity index (χ4v) is 5.18. The van der Waals surface area contributed by atoms with Crippen LogP contribution in [0.4, 0.5) is 0 Å². The quantitative estimate of drug-likeness (QED) is 0.579. The van der Waals surface area contributed by atoms with E-state index < -0.39 is 6.42 Å². The Labute approximate surface area is 145 Å². The standard InChI is InChI=1S/C16H29N4OPS/c21-22(23,16-6-2-1-3-7-16)20-14-5-10-18-12-11-17-8-4-9-19-13-15-20/h1-3,6-7,17-19H,4-5,8-15H2,(H,21,23). The largest absolute Gasteiger partial charge is 0.350 e. The first-order valence-electron chi connectivity index (χ1n) is 8.47. The van der Waals surface area contributed by atoms with Gasteiger partial charge in [0.05, 0.1) is 0 Å². The summed E-state index contributed by atoms with van der Waals surface area (Å²) in [6.07, 6.45) is -0.550. The Bertz CT molecular complexity index is 474. The highest BCUT2D eigenvalue weighted by molar-refractivity contribution is 8.14. The molecule has 0 radical (unpaired) electrons. The third-order valence-corrected chi connectivity index (χ3v) is 7.44. The summed E-state index contributed by atoms with van der Waals surface area (Å²) in [4.78, 5) is 11.0. The van der Waals surface area contributed by atoms with Crippen LogP contribution in [-0.2, 0) is 11.8 Å². The summed E-state index contributed by atoms with van der Waals surface area (Å²) >= 11 is 5.66. The SMILES string of the molecule is OP(=S)(c1ccccc1)N1CCCNCCNCCCNCC1. The lowest BCUT2D eigenvalue weighted by atomic mass is 10.3. The molecule has 0 saturated carbocycles. The Balaban J connectivity index is 1.98. The average Bonchev–Trinajstić information content (AvgIpc) is 2.57. The second kappa shape index (κ2) is 10.5. The molecule has 1 aromatic carbocycles. The van der Waals surface area contributed by atoms with Crippen LogP contribution >= 0.6 is 6.42 Å². The second-order valence-electron chi connectivity index (χ2n) is 5.79. The molecule has 1 fully saturated rings. The molecule has 0 amide bonds. The van der Waals surface area contributed by atoms with E-state index in [1.807, 2.05) is 30.3 Å². The van der Waals surface area contributed by atoms with Crippen LogP contribution in [0, 0.1) is 0 Å². The average molecular weight is 356 g/mol. The van der Waals surface area contributed by atoms with E-state index in [9.17, 15) is 4.89 Å². The summed E-state index contributed by atoms with van der Waals surface area (Å²) in [5.41, 5.74) is 0. The molecule has 130 valence electrons. The van der Waals surface area contributed by atoms with Gasteiger partial charge in [-0.2, -0.15) is 0 Å². The molecule has 1 aliphatic heterocycles. The second-order valence-corrected chi connectivity index (χ2v) is 9.49. The van der Waals surface area contributed by atoms with E-state index in [-0.39, 0.29) is 0 Å². The molecule has 7 heteroatoms. The number of hydrogen-bond donors (Lipinski definition) is 4. The maximum absolute atomic E-state index is 11.0. The molecule has 1 aromatic rings. The van der Waals surface area contributed by atoms with Gasteiger partial charge in [0.1, 0.15) is 0 Å². The van der Waals surface area contributed by atoms with E-state index in [0.29, 0.717) is 0 Å². The molecular formula is C16H29N4OPS. The molecule has 1 atom stereocenters. The number of hydrogen-bond acceptors (Lipinski definition) is 4. The van der Waals surface area contributed by atoms with Gasteiger partial charge >= 0.3 is 0 Å². The molecule has 1 aliphatic rings. The van der Waals surface area contributed by atoms with Gasteiger partial charge in [-0.05, 0) is 44.3 Å². The van der Waals surface area contributed by atoms with Crippen LogP contribution < -0.4 is 21.3 Å². The fourth-order valence-electron chi connectivity index (χ4n) is 2.65. The number of rotatable bonds is 2. The molecule has 0 aromatic heterocycles. The van der Waals surface area contributed by atoms with Gasteiger partial charge in [-0.25, -0.2) is 4.67 Å². The van der Waals surface area contributed by atoms with E-state index in [1.165, 1.54) is 0 Å². The van der Waals surface area contributed by atoms with E-state index in [1.54, 1.807) is 0 Å². The molecular weight excluding hydrogens is 327 g/mol. The van der Waals surface area contributed by atoms with Gasteiger partial charge in [0.2, 0.25) is 0 Å². The van der Waals surface area contributed by atoms with Crippen molar-refractivity contribution in [2.24, 2.45) is 0 Å². The van der Waals surface area contributed by atoms with Crippen molar-refractivity contribution >= 4 is 23.5 Å². The summed E-state index contributed by atoms with van der Waals surface area (Å²) < 4.78 is 2.11. The van der Waals surface area contributed by atoms with Crippen molar-refractivity contribution < 1.29 is 4.89 Å². The highest BCUT2D eigenvalue weighted by Gasteiger charge is 2.24. The van der Waals surface area contributed by atoms with E-state index in [2.05, 4.69) is 20.6 Å². The summed E-state index contributed by atoms with van der Waals surface area (Å²) in [6, 6.07) is 9.75. The lowest BCUT2D eigenvalue weighted by molar-refractivity contribution is 0.391. The van der Waals surface area contributed by atoms with Crippen LogP contribution in [0.3, 0.4) is 0 Å². The van der Waals surface area contributed by atoms with Gasteiger partial charge in [-0.1, -0.05) is 30.3 Å². The minimum atomic E-state index is -2.66. The zero-order valence-electron chi connectivity index (χ0n) is 13.7. The Hall–Kier alpha value is -0.330. The van der Waals surface area contributed by atoms with Gasteiger partial charge in [0.25, 0.3) is 0 Å². The molecule has 4 N–H and O–H groups in total. The monoisotopic (exact) mass is 356 g/mol. The molecule has 23 heavy (non-hydrogen) atoms. The van der Waals surface area contributed by atoms with Crippen LogP contribution in [0.2, 0.25) is 0 Å². The molecule has 1 heterocycles. The fraction of sp³-hybridized carbons (Fsp3) is 0.625. The predicted octanol–water partition coefficient (Wildman–Crippen LogP) is 0.478. The van der Waals surface area contributed by atoms with Gasteiger partial charge in [0, 0.05) is 38.0 Å². The topological polar surface area (TPSA) is 59.6 Å². The molecule has 1 saturated heterocycles. The van der Waals surface area contributed by atoms with Crippen molar-refractivity contribution in [3.8, 4) is 0 Å². The summed E-state index contributed by atoms with van der Waals surface area (Å²) in [6.45, 7) is 7.45. The van der Waals surface area contributed by atoms with Crippen molar-refractivity contribution in [2.75, 3.05) is 52.4 Å². The Morgan fingerprint density at radius 2 is 1.43 bits per heavy atom. The zero-order chi connectivity index (χ0) is 16.4. The molecule has 0 aliphatic carbocycles. The van der Waals surface area contributed by atoms with Gasteiger partial charge < -0.3 is 20.8 Å². The first kappa shape index (κ1) is 19.0. The molecule has 0 spiro atoms. The summed E-state index contributed by atoms with van der Waals surface area (Å²) in [7, 11) is 0. The Morgan fingerprint density at radius 3 is 2.13 bits per heavy atom. The normalized spacial score (nSPS) is 22.8. The van der Waals surface area contributed by atoms with Gasteiger partial charge in [-0.15, -0.1) is 0 Å². The highest BCUT2D eigenvalue weighted by Crippen LogP contribution is 2.43. The van der Waals surface area contributed by atoms with Crippen LogP contribution in [0.5, 0.6) is 0 Å².